The normalized spacial score (nSPS) is 17.5. The zero-order valence-corrected chi connectivity index (χ0v) is 31.4. The lowest BCUT2D eigenvalue weighted by Crippen LogP contribution is -2.35. The predicted molar refractivity (Wildman–Crippen MR) is 205 cm³/mol. The molecule has 0 spiro atoms. The van der Waals surface area contributed by atoms with E-state index < -0.39 is 6.16 Å². The molecular weight excluding hydrogens is 578 g/mol. The van der Waals surface area contributed by atoms with Crippen LogP contribution in [0.3, 0.4) is 0 Å². The second-order valence-corrected chi connectivity index (χ2v) is 14.5. The van der Waals surface area contributed by atoms with E-state index in [4.69, 9.17) is 9.84 Å². The highest BCUT2D eigenvalue weighted by atomic mass is 16.7. The van der Waals surface area contributed by atoms with Gasteiger partial charge >= 0.3 is 6.16 Å². The van der Waals surface area contributed by atoms with Crippen LogP contribution in [-0.4, -0.2) is 42.4 Å². The van der Waals surface area contributed by atoms with Crippen molar-refractivity contribution < 1.29 is 14.6 Å². The molecule has 3 unspecified atom stereocenters. The van der Waals surface area contributed by atoms with E-state index in [1.807, 2.05) is 0 Å². The molecule has 1 heterocycles. The number of likely N-dealkylation sites (tertiary alicyclic amines) is 1. The Hall–Kier alpha value is -1.81. The van der Waals surface area contributed by atoms with Crippen molar-refractivity contribution in [3.8, 4) is 0 Å². The van der Waals surface area contributed by atoms with Gasteiger partial charge in [-0.3, -0.25) is 0 Å². The van der Waals surface area contributed by atoms with Crippen LogP contribution in [0, 0.1) is 11.8 Å². The summed E-state index contributed by atoms with van der Waals surface area (Å²) < 4.78 is 5.21. The van der Waals surface area contributed by atoms with Crippen molar-refractivity contribution in [2.75, 3.05) is 20.1 Å². The number of unbranched alkanes of at least 4 members (excludes halogenated alkanes) is 15. The second-order valence-electron chi connectivity index (χ2n) is 14.5. The number of carboxylic acid groups (broad SMARTS) is 1. The van der Waals surface area contributed by atoms with Crippen LogP contribution in [0.25, 0.3) is 0 Å². The Morgan fingerprint density at radius 1 is 0.681 bits per heavy atom. The summed E-state index contributed by atoms with van der Waals surface area (Å²) in [6.45, 7) is 7.31. The van der Waals surface area contributed by atoms with Gasteiger partial charge in [-0.2, -0.15) is 0 Å². The molecule has 47 heavy (non-hydrogen) atoms. The number of hydrogen-bond donors (Lipinski definition) is 1. The highest BCUT2D eigenvalue weighted by molar-refractivity contribution is 5.57. The highest BCUT2D eigenvalue weighted by Crippen LogP contribution is 2.27. The molecule has 0 aromatic heterocycles. The molecule has 4 heteroatoms. The standard InChI is InChI=1S/C43H77NO3/c1-4-5-6-7-8-9-10-11-12-16-19-22-25-28-31-36-42(47-43(45)46)37-32-29-26-23-20-17-14-13-15-18-21-24-27-30-34-40(2)41-35-33-38-44(3)39-41/h8-9,11-14,18,21,40-42H,4-7,10,15-17,19-20,22-39H2,1-3H3,(H,45,46)/b9-8-,12-11-,14-13-,21-18-. The number of piperidine rings is 1. The maximum Gasteiger partial charge on any atom is 0.506 e. The largest absolute Gasteiger partial charge is 0.506 e. The molecule has 0 amide bonds. The molecule has 0 bridgehead atoms. The summed E-state index contributed by atoms with van der Waals surface area (Å²) in [7, 11) is 2.28. The molecular formula is C43H77NO3. The van der Waals surface area contributed by atoms with Crippen LogP contribution < -0.4 is 0 Å². The summed E-state index contributed by atoms with van der Waals surface area (Å²) in [5.74, 6) is 1.79. The Morgan fingerprint density at radius 2 is 1.13 bits per heavy atom. The quantitative estimate of drug-likeness (QED) is 0.0459. The molecule has 0 aliphatic carbocycles. The van der Waals surface area contributed by atoms with E-state index in [9.17, 15) is 4.79 Å². The summed E-state index contributed by atoms with van der Waals surface area (Å²) in [5.41, 5.74) is 0. The predicted octanol–water partition coefficient (Wildman–Crippen LogP) is 13.6. The number of hydrogen-bond acceptors (Lipinski definition) is 3. The SMILES string of the molecule is CCCCC/C=C\C/C=C\CCCCCCCC(CCCCCCC/C=C\C/C=C\CCCCC(C)C1CCCN(C)C1)OC(=O)O. The van der Waals surface area contributed by atoms with Crippen molar-refractivity contribution >= 4 is 6.16 Å². The topological polar surface area (TPSA) is 49.8 Å². The highest BCUT2D eigenvalue weighted by Gasteiger charge is 2.22. The molecule has 1 saturated heterocycles. The maximum atomic E-state index is 11.2. The molecule has 1 rings (SSSR count). The minimum Gasteiger partial charge on any atom is -0.450 e. The monoisotopic (exact) mass is 656 g/mol. The molecule has 1 fully saturated rings. The van der Waals surface area contributed by atoms with Gasteiger partial charge in [-0.1, -0.05) is 127 Å². The van der Waals surface area contributed by atoms with Gasteiger partial charge in [0.2, 0.25) is 0 Å². The molecule has 1 aliphatic heterocycles. The van der Waals surface area contributed by atoms with E-state index in [2.05, 4.69) is 74.4 Å². The van der Waals surface area contributed by atoms with Gasteiger partial charge < -0.3 is 14.7 Å². The van der Waals surface area contributed by atoms with Crippen molar-refractivity contribution in [1.29, 1.82) is 0 Å². The first kappa shape index (κ1) is 43.2. The van der Waals surface area contributed by atoms with E-state index in [0.29, 0.717) is 0 Å². The van der Waals surface area contributed by atoms with Crippen molar-refractivity contribution in [2.24, 2.45) is 11.8 Å². The molecule has 272 valence electrons. The van der Waals surface area contributed by atoms with Crippen molar-refractivity contribution in [3.63, 3.8) is 0 Å². The first-order valence-corrected chi connectivity index (χ1v) is 20.2. The summed E-state index contributed by atoms with van der Waals surface area (Å²) in [4.78, 5) is 13.7. The van der Waals surface area contributed by atoms with Crippen LogP contribution in [0.1, 0.15) is 181 Å². The number of allylic oxidation sites excluding steroid dienone is 8. The Morgan fingerprint density at radius 3 is 1.62 bits per heavy atom. The van der Waals surface area contributed by atoms with Gasteiger partial charge in [0.05, 0.1) is 0 Å². The van der Waals surface area contributed by atoms with Gasteiger partial charge in [-0.15, -0.1) is 0 Å². The van der Waals surface area contributed by atoms with Crippen LogP contribution in [-0.2, 0) is 4.74 Å². The van der Waals surface area contributed by atoms with E-state index >= 15 is 0 Å². The lowest BCUT2D eigenvalue weighted by Gasteiger charge is -2.33. The molecule has 0 saturated carbocycles. The summed E-state index contributed by atoms with van der Waals surface area (Å²) in [6, 6.07) is 0. The van der Waals surface area contributed by atoms with Gasteiger partial charge in [0.1, 0.15) is 6.10 Å². The summed E-state index contributed by atoms with van der Waals surface area (Å²) in [6.07, 6.45) is 48.8. The van der Waals surface area contributed by atoms with Gasteiger partial charge in [-0.25, -0.2) is 4.79 Å². The maximum absolute atomic E-state index is 11.2. The van der Waals surface area contributed by atoms with E-state index in [-0.39, 0.29) is 6.10 Å². The molecule has 0 aromatic rings. The summed E-state index contributed by atoms with van der Waals surface area (Å²) >= 11 is 0. The fourth-order valence-corrected chi connectivity index (χ4v) is 6.89. The minimum absolute atomic E-state index is 0.131. The van der Waals surface area contributed by atoms with Gasteiger partial charge in [0.25, 0.3) is 0 Å². The molecule has 3 atom stereocenters. The average molecular weight is 656 g/mol. The Bertz CT molecular complexity index is 816. The fourth-order valence-electron chi connectivity index (χ4n) is 6.89. The van der Waals surface area contributed by atoms with Gasteiger partial charge in [-0.05, 0) is 128 Å². The minimum atomic E-state index is -1.12. The number of rotatable bonds is 31. The first-order valence-electron chi connectivity index (χ1n) is 20.2. The number of carbonyl (C=O) groups is 1. The van der Waals surface area contributed by atoms with Crippen LogP contribution in [0.2, 0.25) is 0 Å². The van der Waals surface area contributed by atoms with Crippen molar-refractivity contribution in [1.82, 2.24) is 4.90 Å². The summed E-state index contributed by atoms with van der Waals surface area (Å²) in [5, 5.41) is 9.16. The molecule has 1 aliphatic rings. The third-order valence-electron chi connectivity index (χ3n) is 9.99. The van der Waals surface area contributed by atoms with Crippen molar-refractivity contribution in [2.45, 2.75) is 187 Å². The van der Waals surface area contributed by atoms with E-state index in [1.54, 1.807) is 0 Å². The molecule has 1 N–H and O–H groups in total. The van der Waals surface area contributed by atoms with E-state index in [1.165, 1.54) is 142 Å². The Kier molecular flexibility index (Phi) is 30.1. The van der Waals surface area contributed by atoms with Crippen LogP contribution in [0.4, 0.5) is 4.79 Å². The zero-order chi connectivity index (χ0) is 34.0. The van der Waals surface area contributed by atoms with Crippen LogP contribution >= 0.6 is 0 Å². The molecule has 0 radical (unpaired) electrons. The van der Waals surface area contributed by atoms with Crippen molar-refractivity contribution in [3.05, 3.63) is 48.6 Å². The second kappa shape index (κ2) is 32.7. The number of ether oxygens (including phenoxy) is 1. The lowest BCUT2D eigenvalue weighted by molar-refractivity contribution is 0.0422. The van der Waals surface area contributed by atoms with Gasteiger partial charge in [0, 0.05) is 6.54 Å². The smallest absolute Gasteiger partial charge is 0.450 e. The Balaban J connectivity index is 1.93. The average Bonchev–Trinajstić information content (AvgIpc) is 3.05. The molecule has 0 aromatic carbocycles. The number of nitrogens with zero attached hydrogens (tertiary/aromatic N) is 1. The lowest BCUT2D eigenvalue weighted by atomic mass is 9.84. The molecule has 4 nitrogen and oxygen atoms in total. The Labute approximate surface area is 292 Å². The zero-order valence-electron chi connectivity index (χ0n) is 31.4. The fraction of sp³-hybridized carbons (Fsp3) is 0.791. The third-order valence-corrected chi connectivity index (χ3v) is 9.99. The van der Waals surface area contributed by atoms with Crippen LogP contribution in [0.5, 0.6) is 0 Å². The van der Waals surface area contributed by atoms with E-state index in [0.717, 1.165) is 50.4 Å². The van der Waals surface area contributed by atoms with Gasteiger partial charge in [0.15, 0.2) is 0 Å². The van der Waals surface area contributed by atoms with Crippen LogP contribution in [0.15, 0.2) is 48.6 Å². The third kappa shape index (κ3) is 28.9. The first-order chi connectivity index (χ1) is 23.0.